The van der Waals surface area contributed by atoms with E-state index in [0.29, 0.717) is 41.9 Å². The van der Waals surface area contributed by atoms with Gasteiger partial charge in [0, 0.05) is 49.0 Å². The van der Waals surface area contributed by atoms with Crippen LogP contribution in [0.15, 0.2) is 36.2 Å². The van der Waals surface area contributed by atoms with E-state index >= 15 is 0 Å². The van der Waals surface area contributed by atoms with E-state index in [1.807, 2.05) is 19.1 Å². The van der Waals surface area contributed by atoms with Gasteiger partial charge in [0.05, 0.1) is 18.7 Å². The maximum absolute atomic E-state index is 13.2. The number of methoxy groups -OCH3 is 1. The van der Waals surface area contributed by atoms with Crippen molar-refractivity contribution in [1.29, 1.82) is 0 Å². The first-order valence-corrected chi connectivity index (χ1v) is 13.3. The molecule has 1 unspecified atom stereocenters. The van der Waals surface area contributed by atoms with Crippen molar-refractivity contribution < 1.29 is 27.4 Å². The number of likely N-dealkylation sites (N-methyl/N-ethyl adjacent to an activating group) is 1. The number of halogens is 3. The number of aryl methyl sites for hydroxylation is 1. The van der Waals surface area contributed by atoms with Crippen LogP contribution in [0.4, 0.5) is 13.2 Å². The summed E-state index contributed by atoms with van der Waals surface area (Å²) < 4.78 is 51.3. The molecule has 38 heavy (non-hydrogen) atoms. The molecule has 0 spiro atoms. The van der Waals surface area contributed by atoms with Gasteiger partial charge in [-0.05, 0) is 38.3 Å². The number of carbonyl (C=O) groups is 1. The summed E-state index contributed by atoms with van der Waals surface area (Å²) in [4.78, 5) is 23.1. The van der Waals surface area contributed by atoms with Crippen molar-refractivity contribution in [2.24, 2.45) is 0 Å². The molecule has 0 bridgehead atoms. The summed E-state index contributed by atoms with van der Waals surface area (Å²) in [7, 11) is 3.35. The van der Waals surface area contributed by atoms with E-state index in [9.17, 15) is 18.0 Å². The number of nitrogens with one attached hydrogen (secondary N) is 1. The van der Waals surface area contributed by atoms with E-state index < -0.39 is 11.9 Å². The van der Waals surface area contributed by atoms with Crippen LogP contribution < -0.4 is 14.8 Å². The number of alkyl halides is 3. The van der Waals surface area contributed by atoms with Crippen LogP contribution in [-0.4, -0.2) is 60.2 Å². The number of benzene rings is 1. The number of thiazole rings is 1. The number of rotatable bonds is 10. The molecule has 11 heteroatoms. The minimum absolute atomic E-state index is 0.0121. The van der Waals surface area contributed by atoms with Crippen molar-refractivity contribution in [2.75, 3.05) is 27.2 Å². The van der Waals surface area contributed by atoms with Crippen LogP contribution in [0.2, 0.25) is 0 Å². The summed E-state index contributed by atoms with van der Waals surface area (Å²) in [6, 6.07) is 4.87. The Morgan fingerprint density at radius 1 is 1.29 bits per heavy atom. The van der Waals surface area contributed by atoms with Gasteiger partial charge in [-0.3, -0.25) is 4.79 Å². The van der Waals surface area contributed by atoms with Crippen molar-refractivity contribution in [3.05, 3.63) is 47.5 Å². The highest BCUT2D eigenvalue weighted by molar-refractivity contribution is 7.13. The maximum Gasteiger partial charge on any atom is 0.434 e. The summed E-state index contributed by atoms with van der Waals surface area (Å²) in [5, 5.41) is 5.07. The zero-order chi connectivity index (χ0) is 27.4. The van der Waals surface area contributed by atoms with E-state index in [1.165, 1.54) is 0 Å². The fourth-order valence-corrected chi connectivity index (χ4v) is 5.29. The second-order valence-corrected chi connectivity index (χ2v) is 10.2. The van der Waals surface area contributed by atoms with E-state index in [2.05, 4.69) is 21.9 Å². The van der Waals surface area contributed by atoms with Gasteiger partial charge in [0.2, 0.25) is 5.91 Å². The molecule has 0 radical (unpaired) electrons. The van der Waals surface area contributed by atoms with Gasteiger partial charge < -0.3 is 19.7 Å². The standard InChI is InChI=1S/C27H31F3N4O3S/c1-5-6-7-8-11-34(3)26(35)20-12-17(14-31-20)37-22-13-19(25-33-23(15-38-25)27(28,29)30)32-24-16(2)21(36-4)10-9-18(22)24/h5,9-10,13,15,17,20,31H,1,6-8,11-12,14H2,2-4H3/t17-,20?/m0/s1. The molecule has 7 nitrogen and oxygen atoms in total. The molecule has 1 aromatic carbocycles. The monoisotopic (exact) mass is 548 g/mol. The Hall–Kier alpha value is -3.18. The van der Waals surface area contributed by atoms with Gasteiger partial charge in [-0.1, -0.05) is 6.08 Å². The summed E-state index contributed by atoms with van der Waals surface area (Å²) in [6.45, 7) is 6.69. The third kappa shape index (κ3) is 6.10. The lowest BCUT2D eigenvalue weighted by Gasteiger charge is -2.21. The normalized spacial score (nSPS) is 17.5. The SMILES string of the molecule is C=CCCCCN(C)C(=O)C1C[C@H](Oc2cc(-c3nc(C(F)(F)F)cs3)nc3c(C)c(OC)ccc23)CN1. The first-order chi connectivity index (χ1) is 18.1. The molecule has 2 aromatic heterocycles. The number of pyridine rings is 1. The van der Waals surface area contributed by atoms with Crippen LogP contribution in [0.5, 0.6) is 11.5 Å². The Balaban J connectivity index is 1.58. The molecule has 2 atom stereocenters. The van der Waals surface area contributed by atoms with Crippen LogP contribution >= 0.6 is 11.3 Å². The zero-order valence-electron chi connectivity index (χ0n) is 21.6. The third-order valence-corrected chi connectivity index (χ3v) is 7.46. The fraction of sp³-hybridized carbons (Fsp3) is 0.444. The zero-order valence-corrected chi connectivity index (χ0v) is 22.4. The summed E-state index contributed by atoms with van der Waals surface area (Å²) in [5.74, 6) is 1.09. The minimum Gasteiger partial charge on any atom is -0.496 e. The molecule has 1 aliphatic heterocycles. The van der Waals surface area contributed by atoms with Crippen LogP contribution in [-0.2, 0) is 11.0 Å². The van der Waals surface area contributed by atoms with E-state index in [-0.39, 0.29) is 28.8 Å². The number of fused-ring (bicyclic) bond motifs is 1. The van der Waals surface area contributed by atoms with Crippen LogP contribution in [0.3, 0.4) is 0 Å². The highest BCUT2D eigenvalue weighted by atomic mass is 32.1. The van der Waals surface area contributed by atoms with Gasteiger partial charge in [0.15, 0.2) is 5.69 Å². The van der Waals surface area contributed by atoms with Crippen LogP contribution in [0.25, 0.3) is 21.6 Å². The number of amides is 1. The van der Waals surface area contributed by atoms with Crippen molar-refractivity contribution >= 4 is 28.1 Å². The van der Waals surface area contributed by atoms with Gasteiger partial charge in [-0.25, -0.2) is 9.97 Å². The number of aromatic nitrogens is 2. The Labute approximate surface area is 223 Å². The van der Waals surface area contributed by atoms with Gasteiger partial charge in [0.25, 0.3) is 0 Å². The highest BCUT2D eigenvalue weighted by Gasteiger charge is 2.35. The fourth-order valence-electron chi connectivity index (χ4n) is 4.50. The Bertz CT molecular complexity index is 1310. The number of ether oxygens (including phenoxy) is 2. The molecule has 1 N–H and O–H groups in total. The average molecular weight is 549 g/mol. The lowest BCUT2D eigenvalue weighted by molar-refractivity contribution is -0.140. The third-order valence-electron chi connectivity index (χ3n) is 6.59. The average Bonchev–Trinajstić information content (AvgIpc) is 3.57. The molecule has 1 fully saturated rings. The number of nitrogens with zero attached hydrogens (tertiary/aromatic N) is 3. The van der Waals surface area contributed by atoms with Crippen LogP contribution in [0.1, 0.15) is 36.9 Å². The van der Waals surface area contributed by atoms with Gasteiger partial charge in [-0.2, -0.15) is 13.2 Å². The molecular formula is C27H31F3N4O3S. The Morgan fingerprint density at radius 3 is 2.76 bits per heavy atom. The minimum atomic E-state index is -4.54. The Morgan fingerprint density at radius 2 is 2.08 bits per heavy atom. The topological polar surface area (TPSA) is 76.6 Å². The first-order valence-electron chi connectivity index (χ1n) is 12.4. The smallest absolute Gasteiger partial charge is 0.434 e. The summed E-state index contributed by atoms with van der Waals surface area (Å²) in [5.41, 5.74) is 0.611. The number of allylic oxidation sites excluding steroid dienone is 1. The van der Waals surface area contributed by atoms with Crippen molar-refractivity contribution in [3.8, 4) is 22.2 Å². The van der Waals surface area contributed by atoms with E-state index in [1.54, 1.807) is 31.2 Å². The second-order valence-electron chi connectivity index (χ2n) is 9.31. The number of carbonyl (C=O) groups excluding carboxylic acids is 1. The predicted molar refractivity (Wildman–Crippen MR) is 142 cm³/mol. The van der Waals surface area contributed by atoms with Crippen molar-refractivity contribution in [3.63, 3.8) is 0 Å². The molecule has 1 aliphatic rings. The lowest BCUT2D eigenvalue weighted by Crippen LogP contribution is -2.41. The summed E-state index contributed by atoms with van der Waals surface area (Å²) >= 11 is 0.874. The molecule has 3 heterocycles. The quantitative estimate of drug-likeness (QED) is 0.262. The highest BCUT2D eigenvalue weighted by Crippen LogP contribution is 2.38. The molecule has 0 aliphatic carbocycles. The molecule has 204 valence electrons. The largest absolute Gasteiger partial charge is 0.496 e. The Kier molecular flexibility index (Phi) is 8.57. The van der Waals surface area contributed by atoms with Gasteiger partial charge in [-0.15, -0.1) is 17.9 Å². The van der Waals surface area contributed by atoms with Crippen molar-refractivity contribution in [2.45, 2.75) is 50.9 Å². The van der Waals surface area contributed by atoms with Crippen molar-refractivity contribution in [1.82, 2.24) is 20.2 Å². The number of hydrogen-bond acceptors (Lipinski definition) is 7. The number of hydrogen-bond donors (Lipinski definition) is 1. The van der Waals surface area contributed by atoms with Gasteiger partial charge >= 0.3 is 6.18 Å². The molecule has 1 saturated heterocycles. The van der Waals surface area contributed by atoms with E-state index in [4.69, 9.17) is 9.47 Å². The molecule has 1 amide bonds. The molecule has 4 rings (SSSR count). The predicted octanol–water partition coefficient (Wildman–Crippen LogP) is 5.62. The number of unbranched alkanes of at least 4 members (excludes halogenated alkanes) is 2. The first kappa shape index (κ1) is 27.8. The second kappa shape index (κ2) is 11.7. The lowest BCUT2D eigenvalue weighted by atomic mass is 10.1. The van der Waals surface area contributed by atoms with Crippen LogP contribution in [0, 0.1) is 6.92 Å². The van der Waals surface area contributed by atoms with E-state index in [0.717, 1.165) is 41.5 Å². The molecular weight excluding hydrogens is 517 g/mol. The molecule has 0 saturated carbocycles. The molecule has 3 aromatic rings. The van der Waals surface area contributed by atoms with Gasteiger partial charge in [0.1, 0.15) is 28.3 Å². The summed E-state index contributed by atoms with van der Waals surface area (Å²) in [6.07, 6.45) is 0.308. The maximum atomic E-state index is 13.2.